The van der Waals surface area contributed by atoms with Gasteiger partial charge in [0.1, 0.15) is 0 Å². The number of aromatic nitrogens is 3. The molecule has 8 nitrogen and oxygen atoms in total. The molecule has 0 bridgehead atoms. The van der Waals surface area contributed by atoms with E-state index in [1.54, 1.807) is 24.5 Å². The van der Waals surface area contributed by atoms with Gasteiger partial charge in [0, 0.05) is 45.0 Å². The van der Waals surface area contributed by atoms with Gasteiger partial charge >= 0.3 is 5.76 Å². The molecule has 1 amide bonds. The maximum absolute atomic E-state index is 12.5. The van der Waals surface area contributed by atoms with Crippen LogP contribution in [0, 0.1) is 0 Å². The molecule has 4 rings (SSSR count). The lowest BCUT2D eigenvalue weighted by Gasteiger charge is -2.34. The van der Waals surface area contributed by atoms with Crippen molar-refractivity contribution in [3.05, 3.63) is 52.8 Å². The maximum atomic E-state index is 12.5. The van der Waals surface area contributed by atoms with Gasteiger partial charge in [0.05, 0.1) is 5.52 Å². The summed E-state index contributed by atoms with van der Waals surface area (Å²) in [4.78, 5) is 38.8. The van der Waals surface area contributed by atoms with Crippen LogP contribution < -0.4 is 10.7 Å². The Balaban J connectivity index is 1.31. The molecule has 1 aliphatic heterocycles. The molecule has 0 radical (unpaired) electrons. The molecule has 3 heterocycles. The second-order valence-electron chi connectivity index (χ2n) is 6.26. The molecule has 8 heteroatoms. The van der Waals surface area contributed by atoms with Gasteiger partial charge < -0.3 is 14.2 Å². The van der Waals surface area contributed by atoms with E-state index in [9.17, 15) is 9.59 Å². The minimum atomic E-state index is -0.464. The number of nitrogens with one attached hydrogen (secondary N) is 1. The van der Waals surface area contributed by atoms with Crippen LogP contribution in [0.5, 0.6) is 0 Å². The van der Waals surface area contributed by atoms with E-state index in [1.807, 2.05) is 17.0 Å². The Morgan fingerprint density at radius 1 is 1.15 bits per heavy atom. The highest BCUT2D eigenvalue weighted by atomic mass is 16.4. The summed E-state index contributed by atoms with van der Waals surface area (Å²) in [5, 5.41) is 0. The first-order valence-electron chi connectivity index (χ1n) is 8.60. The third kappa shape index (κ3) is 3.44. The second-order valence-corrected chi connectivity index (χ2v) is 6.26. The van der Waals surface area contributed by atoms with Crippen molar-refractivity contribution in [1.29, 1.82) is 0 Å². The van der Waals surface area contributed by atoms with E-state index in [0.29, 0.717) is 43.0 Å². The minimum Gasteiger partial charge on any atom is -0.408 e. The highest BCUT2D eigenvalue weighted by molar-refractivity contribution is 5.77. The highest BCUT2D eigenvalue weighted by Crippen LogP contribution is 2.15. The first-order valence-corrected chi connectivity index (χ1v) is 8.60. The minimum absolute atomic E-state index is 0.138. The summed E-state index contributed by atoms with van der Waals surface area (Å²) >= 11 is 0. The molecule has 26 heavy (non-hydrogen) atoms. The van der Waals surface area contributed by atoms with Crippen LogP contribution in [0.25, 0.3) is 11.1 Å². The lowest BCUT2D eigenvalue weighted by atomic mass is 10.1. The number of hydrogen-bond donors (Lipinski definition) is 1. The molecule has 3 aromatic rings. The number of aryl methyl sites for hydroxylation is 1. The van der Waals surface area contributed by atoms with Crippen molar-refractivity contribution < 1.29 is 9.21 Å². The molecule has 2 aromatic heterocycles. The summed E-state index contributed by atoms with van der Waals surface area (Å²) in [5.74, 6) is 0.384. The number of carbonyl (C=O) groups is 1. The van der Waals surface area contributed by atoms with Crippen LogP contribution in [0.15, 0.2) is 45.9 Å². The summed E-state index contributed by atoms with van der Waals surface area (Å²) in [6, 6.07) is 7.29. The lowest BCUT2D eigenvalue weighted by molar-refractivity contribution is -0.131. The average molecular weight is 353 g/mol. The third-order valence-corrected chi connectivity index (χ3v) is 4.58. The zero-order valence-corrected chi connectivity index (χ0v) is 14.2. The van der Waals surface area contributed by atoms with Crippen LogP contribution in [0.3, 0.4) is 0 Å². The molecular weight excluding hydrogens is 334 g/mol. The van der Waals surface area contributed by atoms with Crippen molar-refractivity contribution in [2.45, 2.75) is 12.8 Å². The second kappa shape index (κ2) is 6.99. The molecule has 0 spiro atoms. The first-order chi connectivity index (χ1) is 12.7. The quantitative estimate of drug-likeness (QED) is 0.757. The Kier molecular flexibility index (Phi) is 4.39. The van der Waals surface area contributed by atoms with Crippen molar-refractivity contribution in [1.82, 2.24) is 19.9 Å². The van der Waals surface area contributed by atoms with E-state index < -0.39 is 5.76 Å². The fraction of sp³-hybridized carbons (Fsp3) is 0.333. The molecule has 0 saturated carbocycles. The molecule has 0 unspecified atom stereocenters. The maximum Gasteiger partial charge on any atom is 0.417 e. The van der Waals surface area contributed by atoms with E-state index >= 15 is 0 Å². The normalized spacial score (nSPS) is 14.8. The smallest absolute Gasteiger partial charge is 0.408 e. The van der Waals surface area contributed by atoms with Gasteiger partial charge in [0.25, 0.3) is 0 Å². The van der Waals surface area contributed by atoms with E-state index in [1.165, 1.54) is 0 Å². The standard InChI is InChI=1S/C18H19N5O3/c24-16(5-3-13-2-4-15-14(12-13)21-18(25)26-15)22-8-10-23(11-9-22)17-19-6-1-7-20-17/h1-2,4,6-7,12H,3,5,8-11H2,(H,21,25). The lowest BCUT2D eigenvalue weighted by Crippen LogP contribution is -2.49. The van der Waals surface area contributed by atoms with Crippen molar-refractivity contribution in [3.8, 4) is 0 Å². The number of carbonyl (C=O) groups excluding carboxylic acids is 1. The summed E-state index contributed by atoms with van der Waals surface area (Å²) in [5.41, 5.74) is 2.19. The number of amides is 1. The van der Waals surface area contributed by atoms with Gasteiger partial charge in [-0.15, -0.1) is 0 Å². The van der Waals surface area contributed by atoms with Crippen LogP contribution in [0.4, 0.5) is 5.95 Å². The number of piperazine rings is 1. The van der Waals surface area contributed by atoms with Crippen LogP contribution in [-0.2, 0) is 11.2 Å². The van der Waals surface area contributed by atoms with Crippen LogP contribution in [0.1, 0.15) is 12.0 Å². The van der Waals surface area contributed by atoms with Gasteiger partial charge in [0.2, 0.25) is 11.9 Å². The molecule has 1 aliphatic rings. The molecule has 0 aliphatic carbocycles. The molecule has 1 saturated heterocycles. The van der Waals surface area contributed by atoms with Gasteiger partial charge in [0.15, 0.2) is 5.58 Å². The Labute approximate surface area is 149 Å². The zero-order valence-electron chi connectivity index (χ0n) is 14.2. The van der Waals surface area contributed by atoms with Gasteiger partial charge in [-0.25, -0.2) is 14.8 Å². The van der Waals surface area contributed by atoms with E-state index in [0.717, 1.165) is 18.7 Å². The Hall–Kier alpha value is -3.16. The Morgan fingerprint density at radius 3 is 2.69 bits per heavy atom. The average Bonchev–Trinajstić information content (AvgIpc) is 3.06. The topological polar surface area (TPSA) is 95.3 Å². The first kappa shape index (κ1) is 16.3. The van der Waals surface area contributed by atoms with Crippen LogP contribution >= 0.6 is 0 Å². The van der Waals surface area contributed by atoms with Crippen molar-refractivity contribution >= 4 is 23.0 Å². The number of nitrogens with zero attached hydrogens (tertiary/aromatic N) is 4. The fourth-order valence-corrected chi connectivity index (χ4v) is 3.17. The zero-order chi connectivity index (χ0) is 17.9. The van der Waals surface area contributed by atoms with Crippen LogP contribution in [0.2, 0.25) is 0 Å². The van der Waals surface area contributed by atoms with E-state index in [2.05, 4.69) is 19.9 Å². The largest absolute Gasteiger partial charge is 0.417 e. The number of aromatic amines is 1. The number of benzene rings is 1. The van der Waals surface area contributed by atoms with Gasteiger partial charge in [-0.1, -0.05) is 6.07 Å². The highest BCUT2D eigenvalue weighted by Gasteiger charge is 2.22. The summed E-state index contributed by atoms with van der Waals surface area (Å²) in [6.07, 6.45) is 4.52. The monoisotopic (exact) mass is 353 g/mol. The predicted octanol–water partition coefficient (Wildman–Crippen LogP) is 1.19. The Bertz CT molecular complexity index is 958. The number of oxazole rings is 1. The summed E-state index contributed by atoms with van der Waals surface area (Å²) in [7, 11) is 0. The molecule has 1 N–H and O–H groups in total. The van der Waals surface area contributed by atoms with Gasteiger partial charge in [-0.2, -0.15) is 0 Å². The summed E-state index contributed by atoms with van der Waals surface area (Å²) < 4.78 is 4.99. The molecule has 1 fully saturated rings. The van der Waals surface area contributed by atoms with Crippen molar-refractivity contribution in [2.24, 2.45) is 0 Å². The molecule has 0 atom stereocenters. The van der Waals surface area contributed by atoms with Crippen molar-refractivity contribution in [2.75, 3.05) is 31.1 Å². The van der Waals surface area contributed by atoms with Gasteiger partial charge in [-0.3, -0.25) is 9.78 Å². The van der Waals surface area contributed by atoms with E-state index in [-0.39, 0.29) is 5.91 Å². The SMILES string of the molecule is O=C(CCc1ccc2oc(=O)[nH]c2c1)N1CCN(c2ncccn2)CC1. The molecule has 1 aromatic carbocycles. The molecule has 134 valence electrons. The molecular formula is C18H19N5O3. The fourth-order valence-electron chi connectivity index (χ4n) is 3.17. The van der Waals surface area contributed by atoms with Gasteiger partial charge in [-0.05, 0) is 30.2 Å². The number of fused-ring (bicyclic) bond motifs is 1. The predicted molar refractivity (Wildman–Crippen MR) is 96.0 cm³/mol. The number of H-pyrrole nitrogens is 1. The van der Waals surface area contributed by atoms with Crippen molar-refractivity contribution in [3.63, 3.8) is 0 Å². The third-order valence-electron chi connectivity index (χ3n) is 4.58. The number of rotatable bonds is 4. The van der Waals surface area contributed by atoms with Crippen LogP contribution in [-0.4, -0.2) is 51.9 Å². The number of hydrogen-bond acceptors (Lipinski definition) is 6. The van der Waals surface area contributed by atoms with E-state index in [4.69, 9.17) is 4.42 Å². The number of anilines is 1. The Morgan fingerprint density at radius 2 is 1.92 bits per heavy atom. The summed E-state index contributed by atoms with van der Waals surface area (Å²) in [6.45, 7) is 2.81.